The van der Waals surface area contributed by atoms with Crippen molar-refractivity contribution in [2.24, 2.45) is 11.7 Å². The van der Waals surface area contributed by atoms with E-state index in [1.165, 1.54) is 12.8 Å². The Bertz CT molecular complexity index is 334. The number of phenols is 1. The lowest BCUT2D eigenvalue weighted by Gasteiger charge is -2.13. The summed E-state index contributed by atoms with van der Waals surface area (Å²) in [6.45, 7) is 0. The molecule has 3 nitrogen and oxygen atoms in total. The SMILES string of the molecule is Nc1cc(O)ccc1[C@H](N)CC1CC1. The largest absolute Gasteiger partial charge is 0.508 e. The van der Waals surface area contributed by atoms with Crippen molar-refractivity contribution in [2.45, 2.75) is 25.3 Å². The monoisotopic (exact) mass is 192 g/mol. The van der Waals surface area contributed by atoms with Gasteiger partial charge in [-0.1, -0.05) is 18.9 Å². The van der Waals surface area contributed by atoms with E-state index in [1.807, 2.05) is 6.07 Å². The molecular formula is C11H16N2O. The topological polar surface area (TPSA) is 72.3 Å². The minimum atomic E-state index is 0.0168. The Kier molecular flexibility index (Phi) is 2.33. The first kappa shape index (κ1) is 9.34. The molecule has 5 N–H and O–H groups in total. The highest BCUT2D eigenvalue weighted by Crippen LogP contribution is 2.38. The van der Waals surface area contributed by atoms with Gasteiger partial charge in [-0.15, -0.1) is 0 Å². The van der Waals surface area contributed by atoms with E-state index in [0.717, 1.165) is 17.9 Å². The summed E-state index contributed by atoms with van der Waals surface area (Å²) in [6, 6.07) is 5.03. The summed E-state index contributed by atoms with van der Waals surface area (Å²) in [6.07, 6.45) is 3.60. The number of hydrogen-bond donors (Lipinski definition) is 3. The zero-order valence-electron chi connectivity index (χ0n) is 8.11. The summed E-state index contributed by atoms with van der Waals surface area (Å²) in [5, 5.41) is 9.19. The van der Waals surface area contributed by atoms with Crippen molar-refractivity contribution in [3.05, 3.63) is 23.8 Å². The summed E-state index contributed by atoms with van der Waals surface area (Å²) < 4.78 is 0. The molecule has 1 aromatic rings. The summed E-state index contributed by atoms with van der Waals surface area (Å²) in [5.41, 5.74) is 13.4. The lowest BCUT2D eigenvalue weighted by Crippen LogP contribution is -2.12. The van der Waals surface area contributed by atoms with Crippen LogP contribution in [0.5, 0.6) is 5.75 Å². The second-order valence-electron chi connectivity index (χ2n) is 4.10. The number of nitrogen functional groups attached to an aromatic ring is 1. The molecule has 0 heterocycles. The molecule has 14 heavy (non-hydrogen) atoms. The first-order valence-electron chi connectivity index (χ1n) is 5.01. The Morgan fingerprint density at radius 2 is 2.14 bits per heavy atom. The molecule has 0 bridgehead atoms. The van der Waals surface area contributed by atoms with Crippen LogP contribution in [-0.2, 0) is 0 Å². The van der Waals surface area contributed by atoms with Crippen LogP contribution in [-0.4, -0.2) is 5.11 Å². The standard InChI is InChI=1S/C11H16N2O/c12-10(5-7-1-2-7)9-4-3-8(14)6-11(9)13/h3-4,6-7,10,14H,1-2,5,12-13H2/t10-/m1/s1. The molecule has 0 aliphatic heterocycles. The first-order chi connectivity index (χ1) is 6.66. The minimum absolute atomic E-state index is 0.0168. The van der Waals surface area contributed by atoms with E-state index in [4.69, 9.17) is 11.5 Å². The molecule has 1 saturated carbocycles. The van der Waals surface area contributed by atoms with Gasteiger partial charge < -0.3 is 16.6 Å². The van der Waals surface area contributed by atoms with Crippen molar-refractivity contribution in [1.29, 1.82) is 0 Å². The van der Waals surface area contributed by atoms with Gasteiger partial charge in [0.05, 0.1) is 0 Å². The second-order valence-corrected chi connectivity index (χ2v) is 4.10. The second kappa shape index (κ2) is 3.50. The van der Waals surface area contributed by atoms with Crippen LogP contribution in [0.25, 0.3) is 0 Å². The van der Waals surface area contributed by atoms with Crippen molar-refractivity contribution in [3.8, 4) is 5.75 Å². The predicted octanol–water partition coefficient (Wildman–Crippen LogP) is 1.77. The fraction of sp³-hybridized carbons (Fsp3) is 0.455. The molecule has 0 radical (unpaired) electrons. The molecule has 76 valence electrons. The van der Waals surface area contributed by atoms with Gasteiger partial charge in [0.15, 0.2) is 0 Å². The molecule has 3 heteroatoms. The van der Waals surface area contributed by atoms with Crippen LogP contribution < -0.4 is 11.5 Å². The minimum Gasteiger partial charge on any atom is -0.508 e. The Morgan fingerprint density at radius 1 is 1.43 bits per heavy atom. The molecule has 1 aliphatic carbocycles. The van der Waals surface area contributed by atoms with Crippen LogP contribution in [0.3, 0.4) is 0 Å². The summed E-state index contributed by atoms with van der Waals surface area (Å²) >= 11 is 0. The van der Waals surface area contributed by atoms with Crippen LogP contribution in [0.1, 0.15) is 30.9 Å². The quantitative estimate of drug-likeness (QED) is 0.639. The van der Waals surface area contributed by atoms with E-state index in [2.05, 4.69) is 0 Å². The van der Waals surface area contributed by atoms with Crippen molar-refractivity contribution < 1.29 is 5.11 Å². The average Bonchev–Trinajstić information content (AvgIpc) is 2.87. The predicted molar refractivity (Wildman–Crippen MR) is 56.8 cm³/mol. The normalized spacial score (nSPS) is 18.1. The third-order valence-electron chi connectivity index (χ3n) is 2.75. The fourth-order valence-corrected chi connectivity index (χ4v) is 1.74. The molecule has 0 amide bonds. The summed E-state index contributed by atoms with van der Waals surface area (Å²) in [4.78, 5) is 0. The zero-order valence-corrected chi connectivity index (χ0v) is 8.11. The molecule has 0 unspecified atom stereocenters. The number of phenolic OH excluding ortho intramolecular Hbond substituents is 1. The number of nitrogens with two attached hydrogens (primary N) is 2. The Balaban J connectivity index is 2.13. The van der Waals surface area contributed by atoms with Crippen LogP contribution in [0, 0.1) is 5.92 Å². The number of rotatable bonds is 3. The van der Waals surface area contributed by atoms with Gasteiger partial charge in [0.25, 0.3) is 0 Å². The molecule has 1 aromatic carbocycles. The Morgan fingerprint density at radius 3 is 2.71 bits per heavy atom. The number of hydrogen-bond acceptors (Lipinski definition) is 3. The van der Waals surface area contributed by atoms with Crippen LogP contribution in [0.4, 0.5) is 5.69 Å². The van der Waals surface area contributed by atoms with E-state index < -0.39 is 0 Å². The zero-order chi connectivity index (χ0) is 10.1. The van der Waals surface area contributed by atoms with Crippen LogP contribution in [0.15, 0.2) is 18.2 Å². The number of aromatic hydroxyl groups is 1. The molecule has 1 atom stereocenters. The Hall–Kier alpha value is -1.22. The molecule has 0 saturated heterocycles. The number of benzene rings is 1. The lowest BCUT2D eigenvalue weighted by molar-refractivity contribution is 0.475. The molecule has 1 fully saturated rings. The van der Waals surface area contributed by atoms with Crippen molar-refractivity contribution in [1.82, 2.24) is 0 Å². The highest BCUT2D eigenvalue weighted by molar-refractivity contribution is 5.52. The van der Waals surface area contributed by atoms with Gasteiger partial charge in [-0.2, -0.15) is 0 Å². The first-order valence-corrected chi connectivity index (χ1v) is 5.01. The number of anilines is 1. The van der Waals surface area contributed by atoms with Gasteiger partial charge in [-0.05, 0) is 24.0 Å². The molecule has 1 aliphatic rings. The van der Waals surface area contributed by atoms with Gasteiger partial charge >= 0.3 is 0 Å². The molecular weight excluding hydrogens is 176 g/mol. The van der Waals surface area contributed by atoms with E-state index in [0.29, 0.717) is 5.69 Å². The van der Waals surface area contributed by atoms with Crippen molar-refractivity contribution >= 4 is 5.69 Å². The highest BCUT2D eigenvalue weighted by atomic mass is 16.3. The third-order valence-corrected chi connectivity index (χ3v) is 2.75. The fourth-order valence-electron chi connectivity index (χ4n) is 1.74. The Labute approximate surface area is 83.7 Å². The molecule has 0 spiro atoms. The van der Waals surface area contributed by atoms with Crippen LogP contribution in [0.2, 0.25) is 0 Å². The van der Waals surface area contributed by atoms with Gasteiger partial charge in [-0.25, -0.2) is 0 Å². The van der Waals surface area contributed by atoms with E-state index >= 15 is 0 Å². The maximum absolute atomic E-state index is 9.19. The van der Waals surface area contributed by atoms with E-state index in [1.54, 1.807) is 12.1 Å². The van der Waals surface area contributed by atoms with Gasteiger partial charge in [0, 0.05) is 17.8 Å². The highest BCUT2D eigenvalue weighted by Gasteiger charge is 2.25. The lowest BCUT2D eigenvalue weighted by atomic mass is 10.0. The van der Waals surface area contributed by atoms with Gasteiger partial charge in [0.2, 0.25) is 0 Å². The van der Waals surface area contributed by atoms with E-state index in [-0.39, 0.29) is 11.8 Å². The van der Waals surface area contributed by atoms with E-state index in [9.17, 15) is 5.11 Å². The van der Waals surface area contributed by atoms with Crippen LogP contribution >= 0.6 is 0 Å². The van der Waals surface area contributed by atoms with Crippen molar-refractivity contribution in [2.75, 3.05) is 5.73 Å². The summed E-state index contributed by atoms with van der Waals surface area (Å²) in [5.74, 6) is 0.989. The van der Waals surface area contributed by atoms with Gasteiger partial charge in [-0.3, -0.25) is 0 Å². The maximum Gasteiger partial charge on any atom is 0.117 e. The third kappa shape index (κ3) is 1.99. The smallest absolute Gasteiger partial charge is 0.117 e. The average molecular weight is 192 g/mol. The van der Waals surface area contributed by atoms with Gasteiger partial charge in [0.1, 0.15) is 5.75 Å². The van der Waals surface area contributed by atoms with Crippen molar-refractivity contribution in [3.63, 3.8) is 0 Å². The molecule has 2 rings (SSSR count). The molecule has 0 aromatic heterocycles. The maximum atomic E-state index is 9.19. The summed E-state index contributed by atoms with van der Waals surface area (Å²) in [7, 11) is 0.